The van der Waals surface area contributed by atoms with Gasteiger partial charge in [0.2, 0.25) is 5.91 Å². The molecular weight excluding hydrogens is 270 g/mol. The molecule has 0 bridgehead atoms. The summed E-state index contributed by atoms with van der Waals surface area (Å²) in [6.45, 7) is 5.23. The highest BCUT2D eigenvalue weighted by Gasteiger charge is 2.23. The second-order valence-corrected chi connectivity index (χ2v) is 5.58. The molecule has 3 N–H and O–H groups in total. The Labute approximate surface area is 123 Å². The third-order valence-electron chi connectivity index (χ3n) is 3.49. The van der Waals surface area contributed by atoms with E-state index in [9.17, 15) is 9.59 Å². The Morgan fingerprint density at radius 3 is 2.86 bits per heavy atom. The van der Waals surface area contributed by atoms with Crippen molar-refractivity contribution in [1.29, 1.82) is 0 Å². The quantitative estimate of drug-likeness (QED) is 0.831. The minimum absolute atomic E-state index is 0.0293. The number of nitrogens with zero attached hydrogens (tertiary/aromatic N) is 3. The number of anilines is 1. The first-order valence-corrected chi connectivity index (χ1v) is 7.14. The monoisotopic (exact) mass is 291 g/mol. The van der Waals surface area contributed by atoms with Gasteiger partial charge < -0.3 is 16.0 Å². The lowest BCUT2D eigenvalue weighted by Gasteiger charge is -2.34. The minimum Gasteiger partial charge on any atom is -0.364 e. The molecule has 0 radical (unpaired) electrons. The Bertz CT molecular complexity index is 532. The van der Waals surface area contributed by atoms with Crippen molar-refractivity contribution in [2.24, 2.45) is 11.7 Å². The van der Waals surface area contributed by atoms with Gasteiger partial charge in [0.25, 0.3) is 5.91 Å². The first-order chi connectivity index (χ1) is 9.97. The van der Waals surface area contributed by atoms with E-state index in [4.69, 9.17) is 5.73 Å². The van der Waals surface area contributed by atoms with Crippen molar-refractivity contribution in [3.8, 4) is 0 Å². The van der Waals surface area contributed by atoms with E-state index >= 15 is 0 Å². The topological polar surface area (TPSA) is 101 Å². The van der Waals surface area contributed by atoms with E-state index in [1.54, 1.807) is 6.20 Å². The van der Waals surface area contributed by atoms with Crippen LogP contribution in [0.4, 0.5) is 5.82 Å². The molecular formula is C14H21N5O2. The maximum absolute atomic E-state index is 11.8. The van der Waals surface area contributed by atoms with Crippen molar-refractivity contribution in [3.05, 3.63) is 18.1 Å². The molecule has 0 saturated carbocycles. The third kappa shape index (κ3) is 3.90. The Morgan fingerprint density at radius 1 is 1.43 bits per heavy atom. The molecule has 1 aliphatic rings. The molecule has 1 aromatic heterocycles. The standard InChI is InChI=1S/C14H21N5O2/c1-9(2)14(21)17-10-4-3-5-19(8-10)12-7-16-6-11(18-12)13(15)20/h6-7,9-10H,3-5,8H2,1-2H3,(H2,15,20)(H,17,21). The maximum Gasteiger partial charge on any atom is 0.268 e. The van der Waals surface area contributed by atoms with Gasteiger partial charge >= 0.3 is 0 Å². The number of piperidine rings is 1. The largest absolute Gasteiger partial charge is 0.364 e. The molecule has 0 spiro atoms. The van der Waals surface area contributed by atoms with Crippen LogP contribution in [-0.4, -0.2) is 40.9 Å². The number of nitrogens with two attached hydrogens (primary N) is 1. The van der Waals surface area contributed by atoms with Gasteiger partial charge in [-0.3, -0.25) is 14.6 Å². The van der Waals surface area contributed by atoms with Crippen LogP contribution < -0.4 is 16.0 Å². The zero-order chi connectivity index (χ0) is 15.4. The van der Waals surface area contributed by atoms with Crippen LogP contribution in [0.1, 0.15) is 37.2 Å². The van der Waals surface area contributed by atoms with Crippen LogP contribution in [0.25, 0.3) is 0 Å². The van der Waals surface area contributed by atoms with Crippen LogP contribution in [0.5, 0.6) is 0 Å². The number of rotatable bonds is 4. The number of hydrogen-bond acceptors (Lipinski definition) is 5. The molecule has 2 amide bonds. The van der Waals surface area contributed by atoms with Gasteiger partial charge in [-0.05, 0) is 12.8 Å². The fourth-order valence-corrected chi connectivity index (χ4v) is 2.30. The highest BCUT2D eigenvalue weighted by molar-refractivity contribution is 5.90. The summed E-state index contributed by atoms with van der Waals surface area (Å²) in [5.41, 5.74) is 5.38. The second kappa shape index (κ2) is 6.51. The van der Waals surface area contributed by atoms with E-state index in [0.29, 0.717) is 12.4 Å². The Hall–Kier alpha value is -2.18. The number of hydrogen-bond donors (Lipinski definition) is 2. The van der Waals surface area contributed by atoms with Gasteiger partial charge in [0, 0.05) is 25.0 Å². The number of carbonyl (C=O) groups is 2. The van der Waals surface area contributed by atoms with Gasteiger partial charge in [-0.1, -0.05) is 13.8 Å². The molecule has 1 aromatic rings. The van der Waals surface area contributed by atoms with E-state index in [0.717, 1.165) is 19.4 Å². The van der Waals surface area contributed by atoms with Crippen molar-refractivity contribution in [1.82, 2.24) is 15.3 Å². The molecule has 7 heteroatoms. The summed E-state index contributed by atoms with van der Waals surface area (Å²) >= 11 is 0. The first kappa shape index (κ1) is 15.2. The van der Waals surface area contributed by atoms with Crippen molar-refractivity contribution in [2.45, 2.75) is 32.7 Å². The molecule has 2 rings (SSSR count). The summed E-state index contributed by atoms with van der Waals surface area (Å²) in [6, 6.07) is 0.0904. The fraction of sp³-hybridized carbons (Fsp3) is 0.571. The van der Waals surface area contributed by atoms with Gasteiger partial charge in [-0.15, -0.1) is 0 Å². The van der Waals surface area contributed by atoms with Gasteiger partial charge in [0.05, 0.1) is 12.4 Å². The molecule has 7 nitrogen and oxygen atoms in total. The molecule has 1 fully saturated rings. The van der Waals surface area contributed by atoms with Gasteiger partial charge in [-0.25, -0.2) is 4.98 Å². The fourth-order valence-electron chi connectivity index (χ4n) is 2.30. The zero-order valence-corrected chi connectivity index (χ0v) is 12.4. The first-order valence-electron chi connectivity index (χ1n) is 7.14. The molecule has 1 saturated heterocycles. The second-order valence-electron chi connectivity index (χ2n) is 5.58. The highest BCUT2D eigenvalue weighted by Crippen LogP contribution is 2.17. The van der Waals surface area contributed by atoms with Gasteiger partial charge in [0.1, 0.15) is 11.5 Å². The minimum atomic E-state index is -0.592. The normalized spacial score (nSPS) is 18.6. The Morgan fingerprint density at radius 2 is 2.19 bits per heavy atom. The van der Waals surface area contributed by atoms with Crippen LogP contribution in [0.15, 0.2) is 12.4 Å². The molecule has 114 valence electrons. The summed E-state index contributed by atoms with van der Waals surface area (Å²) in [7, 11) is 0. The molecule has 2 heterocycles. The lowest BCUT2D eigenvalue weighted by Crippen LogP contribution is -2.49. The maximum atomic E-state index is 11.8. The van der Waals surface area contributed by atoms with Crippen LogP contribution >= 0.6 is 0 Å². The summed E-state index contributed by atoms with van der Waals surface area (Å²) < 4.78 is 0. The molecule has 1 unspecified atom stereocenters. The lowest BCUT2D eigenvalue weighted by atomic mass is 10.0. The smallest absolute Gasteiger partial charge is 0.268 e. The van der Waals surface area contributed by atoms with E-state index in [2.05, 4.69) is 15.3 Å². The van der Waals surface area contributed by atoms with Crippen molar-refractivity contribution in [2.75, 3.05) is 18.0 Å². The number of aromatic nitrogens is 2. The lowest BCUT2D eigenvalue weighted by molar-refractivity contribution is -0.124. The highest BCUT2D eigenvalue weighted by atomic mass is 16.2. The van der Waals surface area contributed by atoms with Crippen LogP contribution in [0, 0.1) is 5.92 Å². The molecule has 1 atom stereocenters. The molecule has 21 heavy (non-hydrogen) atoms. The Balaban J connectivity index is 2.05. The number of amides is 2. The number of carbonyl (C=O) groups excluding carboxylic acids is 2. The van der Waals surface area contributed by atoms with Crippen LogP contribution in [-0.2, 0) is 4.79 Å². The third-order valence-corrected chi connectivity index (χ3v) is 3.49. The van der Waals surface area contributed by atoms with Gasteiger partial charge in [0.15, 0.2) is 0 Å². The van der Waals surface area contributed by atoms with Crippen molar-refractivity contribution in [3.63, 3.8) is 0 Å². The predicted octanol–water partition coefficient (Wildman–Crippen LogP) is 0.317. The summed E-state index contributed by atoms with van der Waals surface area (Å²) in [6.07, 6.45) is 4.86. The predicted molar refractivity (Wildman–Crippen MR) is 78.8 cm³/mol. The van der Waals surface area contributed by atoms with E-state index < -0.39 is 5.91 Å². The van der Waals surface area contributed by atoms with E-state index in [1.807, 2.05) is 18.7 Å². The van der Waals surface area contributed by atoms with Crippen molar-refractivity contribution >= 4 is 17.6 Å². The van der Waals surface area contributed by atoms with E-state index in [-0.39, 0.29) is 23.6 Å². The summed E-state index contributed by atoms with van der Waals surface area (Å²) in [5.74, 6) is 0.0537. The molecule has 0 aromatic carbocycles. The van der Waals surface area contributed by atoms with Crippen molar-refractivity contribution < 1.29 is 9.59 Å². The summed E-state index contributed by atoms with van der Waals surface area (Å²) in [5, 5.41) is 3.03. The number of primary amides is 1. The average Bonchev–Trinajstić information content (AvgIpc) is 2.47. The molecule has 1 aliphatic heterocycles. The SMILES string of the molecule is CC(C)C(=O)NC1CCCN(c2cncc(C(N)=O)n2)C1. The molecule has 0 aliphatic carbocycles. The van der Waals surface area contributed by atoms with Crippen LogP contribution in [0.3, 0.4) is 0 Å². The average molecular weight is 291 g/mol. The number of nitrogens with one attached hydrogen (secondary N) is 1. The summed E-state index contributed by atoms with van der Waals surface area (Å²) in [4.78, 5) is 33.2. The van der Waals surface area contributed by atoms with Gasteiger partial charge in [-0.2, -0.15) is 0 Å². The zero-order valence-electron chi connectivity index (χ0n) is 12.4. The van der Waals surface area contributed by atoms with Crippen LogP contribution in [0.2, 0.25) is 0 Å². The van der Waals surface area contributed by atoms with E-state index in [1.165, 1.54) is 6.20 Å². The Kier molecular flexibility index (Phi) is 4.72.